The average molecular weight is 805 g/mol. The van der Waals surface area contributed by atoms with Gasteiger partial charge in [0, 0.05) is 12.7 Å². The van der Waals surface area contributed by atoms with E-state index in [1.54, 1.807) is 7.11 Å². The maximum absolute atomic E-state index is 12.3. The molecule has 3 heterocycles. The van der Waals surface area contributed by atoms with Gasteiger partial charge in [-0.1, -0.05) is 152 Å². The molecule has 0 amide bonds. The predicted octanol–water partition coefficient (Wildman–Crippen LogP) is 6.92. The summed E-state index contributed by atoms with van der Waals surface area (Å²) in [6, 6.07) is 49.2. The summed E-state index contributed by atoms with van der Waals surface area (Å²) in [6.07, 6.45) is -9.36. The second kappa shape index (κ2) is 20.8. The molecule has 0 aliphatic carbocycles. The van der Waals surface area contributed by atoms with Crippen molar-refractivity contribution in [2.45, 2.75) is 94.1 Å². The number of rotatable bonds is 17. The van der Waals surface area contributed by atoms with Gasteiger partial charge in [-0.3, -0.25) is 0 Å². The quantitative estimate of drug-likeness (QED) is 0.106. The van der Waals surface area contributed by atoms with Crippen LogP contribution in [0.15, 0.2) is 152 Å². The lowest BCUT2D eigenvalue weighted by atomic mass is 9.95. The second-order valence-corrected chi connectivity index (χ2v) is 14.9. The Morgan fingerprint density at radius 2 is 1.02 bits per heavy atom. The monoisotopic (exact) mass is 804 g/mol. The van der Waals surface area contributed by atoms with E-state index in [9.17, 15) is 5.11 Å². The van der Waals surface area contributed by atoms with Gasteiger partial charge in [0.25, 0.3) is 0 Å². The van der Waals surface area contributed by atoms with Crippen LogP contribution < -0.4 is 0 Å². The van der Waals surface area contributed by atoms with E-state index in [-0.39, 0.29) is 33.0 Å². The molecule has 0 spiro atoms. The highest BCUT2D eigenvalue weighted by Gasteiger charge is 2.55. The standard InChI is InChI=1S/C48H52O11/c1-50-48-45(44(54-30-36-23-13-5-14-24-36)42-39(57-48)32-55-46(58-42)37-25-15-6-16-26-37)59-47-40(49)43(53-29-35-21-11-4-12-22-35)41(52-28-34-19-9-3-10-20-34)38(56-47)31-51-27-33-17-7-2-8-18-33/h2-26,38-49H,27-32H2,1H3/t38-,39-,40-,41-,42-,43-,44+,45+,46-,47+,48+/m1/s1. The van der Waals surface area contributed by atoms with Gasteiger partial charge >= 0.3 is 0 Å². The molecule has 8 rings (SSSR count). The van der Waals surface area contributed by atoms with E-state index < -0.39 is 67.7 Å². The number of hydrogen-bond donors (Lipinski definition) is 1. The van der Waals surface area contributed by atoms with E-state index in [2.05, 4.69) is 0 Å². The third kappa shape index (κ3) is 10.7. The Kier molecular flexibility index (Phi) is 14.6. The SMILES string of the molecule is CO[C@H]1O[C@@H]2CO[C@@H](c3ccccc3)O[C@H]2[C@H](OCc2ccccc2)[C@@H]1O[C@@H]1O[C@H](COCc2ccccc2)[C@@H](OCc2ccccc2)[C@H](OCc2ccccc2)[C@H]1O. The van der Waals surface area contributed by atoms with Gasteiger partial charge in [0.1, 0.15) is 48.8 Å². The molecule has 3 saturated heterocycles. The minimum Gasteiger partial charge on any atom is -0.385 e. The van der Waals surface area contributed by atoms with Crippen LogP contribution in [-0.2, 0) is 73.8 Å². The minimum absolute atomic E-state index is 0.124. The first-order valence-electron chi connectivity index (χ1n) is 20.2. The first kappa shape index (κ1) is 41.4. The fourth-order valence-electron chi connectivity index (χ4n) is 7.71. The van der Waals surface area contributed by atoms with Crippen LogP contribution >= 0.6 is 0 Å². The summed E-state index contributed by atoms with van der Waals surface area (Å²) in [6.45, 7) is 1.44. The Morgan fingerprint density at radius 3 is 1.56 bits per heavy atom. The van der Waals surface area contributed by atoms with Crippen molar-refractivity contribution in [2.24, 2.45) is 0 Å². The lowest BCUT2D eigenvalue weighted by Gasteiger charge is -2.51. The number of aliphatic hydroxyl groups is 1. The van der Waals surface area contributed by atoms with Gasteiger partial charge in [-0.2, -0.15) is 0 Å². The highest BCUT2D eigenvalue weighted by Crippen LogP contribution is 2.39. The van der Waals surface area contributed by atoms with Crippen molar-refractivity contribution in [3.63, 3.8) is 0 Å². The van der Waals surface area contributed by atoms with Gasteiger partial charge < -0.3 is 52.5 Å². The zero-order valence-electron chi connectivity index (χ0n) is 33.1. The molecule has 11 atom stereocenters. The van der Waals surface area contributed by atoms with Crippen molar-refractivity contribution in [3.8, 4) is 0 Å². The lowest BCUT2D eigenvalue weighted by molar-refractivity contribution is -0.397. The van der Waals surface area contributed by atoms with Crippen molar-refractivity contribution >= 4 is 0 Å². The fraction of sp³-hybridized carbons (Fsp3) is 0.375. The third-order valence-electron chi connectivity index (χ3n) is 10.7. The highest BCUT2D eigenvalue weighted by molar-refractivity contribution is 5.18. The molecule has 3 fully saturated rings. The van der Waals surface area contributed by atoms with Gasteiger partial charge in [-0.05, 0) is 22.3 Å². The van der Waals surface area contributed by atoms with E-state index in [1.807, 2.05) is 152 Å². The molecule has 0 saturated carbocycles. The molecule has 310 valence electrons. The molecule has 0 radical (unpaired) electrons. The van der Waals surface area contributed by atoms with E-state index in [1.165, 1.54) is 0 Å². The fourth-order valence-corrected chi connectivity index (χ4v) is 7.71. The van der Waals surface area contributed by atoms with E-state index >= 15 is 0 Å². The first-order valence-corrected chi connectivity index (χ1v) is 20.2. The number of benzene rings is 5. The maximum Gasteiger partial charge on any atom is 0.187 e. The molecule has 3 aliphatic heterocycles. The van der Waals surface area contributed by atoms with Crippen molar-refractivity contribution in [1.82, 2.24) is 0 Å². The Hall–Kier alpha value is -4.34. The van der Waals surface area contributed by atoms with Crippen LogP contribution in [0.3, 0.4) is 0 Å². The molecule has 5 aromatic rings. The summed E-state index contributed by atoms with van der Waals surface area (Å²) < 4.78 is 65.1. The molecular weight excluding hydrogens is 753 g/mol. The Labute approximate surface area is 345 Å². The van der Waals surface area contributed by atoms with Crippen LogP contribution in [0, 0.1) is 0 Å². The summed E-state index contributed by atoms with van der Waals surface area (Å²) in [7, 11) is 1.55. The van der Waals surface area contributed by atoms with E-state index in [0.717, 1.165) is 27.8 Å². The third-order valence-corrected chi connectivity index (χ3v) is 10.7. The molecule has 3 aliphatic rings. The number of ether oxygens (including phenoxy) is 10. The molecule has 0 unspecified atom stereocenters. The lowest BCUT2D eigenvalue weighted by Crippen LogP contribution is -2.66. The minimum atomic E-state index is -1.32. The van der Waals surface area contributed by atoms with E-state index in [4.69, 9.17) is 47.4 Å². The van der Waals surface area contributed by atoms with Crippen LogP contribution in [0.5, 0.6) is 0 Å². The molecule has 11 nitrogen and oxygen atoms in total. The molecule has 0 bridgehead atoms. The van der Waals surface area contributed by atoms with Gasteiger partial charge in [-0.25, -0.2) is 0 Å². The zero-order chi connectivity index (χ0) is 40.2. The molecular formula is C48H52O11. The second-order valence-electron chi connectivity index (χ2n) is 14.9. The number of aliphatic hydroxyl groups excluding tert-OH is 1. The molecule has 1 N–H and O–H groups in total. The van der Waals surface area contributed by atoms with Crippen LogP contribution in [0.2, 0.25) is 0 Å². The molecule has 5 aromatic carbocycles. The normalized spacial score (nSPS) is 29.4. The Morgan fingerprint density at radius 1 is 0.525 bits per heavy atom. The summed E-state index contributed by atoms with van der Waals surface area (Å²) in [5.74, 6) is 0. The van der Waals surface area contributed by atoms with E-state index in [0.29, 0.717) is 6.61 Å². The number of methoxy groups -OCH3 is 1. The van der Waals surface area contributed by atoms with Crippen molar-refractivity contribution in [2.75, 3.05) is 20.3 Å². The smallest absolute Gasteiger partial charge is 0.187 e. The highest BCUT2D eigenvalue weighted by atomic mass is 16.8. The van der Waals surface area contributed by atoms with Crippen LogP contribution in [0.4, 0.5) is 0 Å². The predicted molar refractivity (Wildman–Crippen MR) is 216 cm³/mol. The maximum atomic E-state index is 12.3. The Bertz CT molecular complexity index is 1940. The summed E-state index contributed by atoms with van der Waals surface area (Å²) in [5.41, 5.74) is 4.74. The zero-order valence-corrected chi connectivity index (χ0v) is 33.1. The van der Waals surface area contributed by atoms with Gasteiger partial charge in [0.05, 0.1) is 39.6 Å². The molecule has 59 heavy (non-hydrogen) atoms. The van der Waals surface area contributed by atoms with Crippen molar-refractivity contribution in [3.05, 3.63) is 179 Å². The largest absolute Gasteiger partial charge is 0.385 e. The van der Waals surface area contributed by atoms with Crippen LogP contribution in [-0.4, -0.2) is 86.8 Å². The number of fused-ring (bicyclic) bond motifs is 1. The van der Waals surface area contributed by atoms with Gasteiger partial charge in [0.2, 0.25) is 0 Å². The summed E-state index contributed by atoms with van der Waals surface area (Å²) in [5, 5.41) is 12.3. The first-order chi connectivity index (χ1) is 29.1. The van der Waals surface area contributed by atoms with Gasteiger partial charge in [0.15, 0.2) is 18.9 Å². The number of hydrogen-bond acceptors (Lipinski definition) is 11. The van der Waals surface area contributed by atoms with Crippen LogP contribution in [0.25, 0.3) is 0 Å². The summed E-state index contributed by atoms with van der Waals surface area (Å²) in [4.78, 5) is 0. The van der Waals surface area contributed by atoms with Gasteiger partial charge in [-0.15, -0.1) is 0 Å². The Balaban J connectivity index is 1.09. The summed E-state index contributed by atoms with van der Waals surface area (Å²) >= 11 is 0. The molecule has 0 aromatic heterocycles. The topological polar surface area (TPSA) is 113 Å². The average Bonchev–Trinajstić information content (AvgIpc) is 3.30. The van der Waals surface area contributed by atoms with Crippen molar-refractivity contribution < 1.29 is 52.5 Å². The molecule has 11 heteroatoms. The van der Waals surface area contributed by atoms with Crippen molar-refractivity contribution in [1.29, 1.82) is 0 Å². The van der Waals surface area contributed by atoms with Crippen LogP contribution in [0.1, 0.15) is 34.1 Å².